The Kier molecular flexibility index (Phi) is 5.57. The number of amides is 2. The van der Waals surface area contributed by atoms with Crippen LogP contribution in [0.4, 0.5) is 0 Å². The maximum atomic E-state index is 13.3. The summed E-state index contributed by atoms with van der Waals surface area (Å²) in [5.41, 5.74) is 0.499. The summed E-state index contributed by atoms with van der Waals surface area (Å²) in [6.07, 6.45) is 2.69. The first-order valence-electron chi connectivity index (χ1n) is 10.6. The average Bonchev–Trinajstić information content (AvgIpc) is 3.57. The Bertz CT molecular complexity index is 978. The first-order chi connectivity index (χ1) is 14.3. The summed E-state index contributed by atoms with van der Waals surface area (Å²) >= 11 is 0. The van der Waals surface area contributed by atoms with Crippen molar-refractivity contribution in [3.05, 3.63) is 29.8 Å². The fourth-order valence-electron chi connectivity index (χ4n) is 3.94. The standard InChI is InChI=1S/C21H28N4O4S/c1-3-14(2)18(22-19-16-6-4-5-7-17(16)30(28,29)23-19)21(27)25-12-10-24(11-13-25)20(26)15-8-9-15/h4-7,14-15,18H,3,8-13H2,1-2H3,(H,22,23)/t14-,18-/m0/s1. The molecule has 1 aliphatic carbocycles. The number of hydrogen-bond acceptors (Lipinski definition) is 5. The molecule has 9 heteroatoms. The molecular weight excluding hydrogens is 404 g/mol. The monoisotopic (exact) mass is 432 g/mol. The highest BCUT2D eigenvalue weighted by atomic mass is 32.2. The maximum absolute atomic E-state index is 13.3. The molecule has 1 aromatic rings. The van der Waals surface area contributed by atoms with Gasteiger partial charge in [0.05, 0.1) is 4.90 Å². The molecule has 162 valence electrons. The van der Waals surface area contributed by atoms with Crippen molar-refractivity contribution < 1.29 is 18.0 Å². The molecule has 2 heterocycles. The smallest absolute Gasteiger partial charge is 0.263 e. The van der Waals surface area contributed by atoms with Crippen LogP contribution in [-0.2, 0) is 19.6 Å². The van der Waals surface area contributed by atoms with Crippen LogP contribution in [0.3, 0.4) is 0 Å². The van der Waals surface area contributed by atoms with Crippen molar-refractivity contribution in [1.29, 1.82) is 0 Å². The lowest BCUT2D eigenvalue weighted by molar-refractivity contribution is -0.141. The van der Waals surface area contributed by atoms with Crippen LogP contribution in [0, 0.1) is 11.8 Å². The first kappa shape index (κ1) is 20.8. The number of carbonyl (C=O) groups excluding carboxylic acids is 2. The van der Waals surface area contributed by atoms with Crippen molar-refractivity contribution in [3.63, 3.8) is 0 Å². The molecule has 4 rings (SSSR count). The summed E-state index contributed by atoms with van der Waals surface area (Å²) < 4.78 is 27.3. The second kappa shape index (κ2) is 8.02. The van der Waals surface area contributed by atoms with Crippen molar-refractivity contribution in [1.82, 2.24) is 14.5 Å². The fourth-order valence-corrected chi connectivity index (χ4v) is 5.18. The SMILES string of the molecule is CC[C@H](C)[C@H](N=C1NS(=O)(=O)c2ccccc21)C(=O)N1CCN(C(=O)C2CC2)CC1. The third-order valence-corrected chi connectivity index (χ3v) is 7.59. The third kappa shape index (κ3) is 3.95. The zero-order chi connectivity index (χ0) is 21.5. The van der Waals surface area contributed by atoms with Gasteiger partial charge in [0.25, 0.3) is 10.0 Å². The number of rotatable bonds is 5. The van der Waals surface area contributed by atoms with Gasteiger partial charge in [0.15, 0.2) is 0 Å². The molecule has 0 radical (unpaired) electrons. The van der Waals surface area contributed by atoms with Gasteiger partial charge in [0, 0.05) is 37.7 Å². The molecule has 0 aromatic heterocycles. The molecule has 2 amide bonds. The van der Waals surface area contributed by atoms with Crippen molar-refractivity contribution in [2.75, 3.05) is 26.2 Å². The topological polar surface area (TPSA) is 99.1 Å². The van der Waals surface area contributed by atoms with Crippen molar-refractivity contribution in [2.24, 2.45) is 16.8 Å². The van der Waals surface area contributed by atoms with Crippen LogP contribution in [0.2, 0.25) is 0 Å². The molecule has 1 N–H and O–H groups in total. The largest absolute Gasteiger partial charge is 0.339 e. The number of aliphatic imine (C=N–C) groups is 1. The molecule has 2 fully saturated rings. The van der Waals surface area contributed by atoms with Gasteiger partial charge >= 0.3 is 0 Å². The number of benzene rings is 1. The molecule has 3 aliphatic rings. The molecule has 1 saturated carbocycles. The van der Waals surface area contributed by atoms with E-state index < -0.39 is 16.1 Å². The number of sulfonamides is 1. The highest BCUT2D eigenvalue weighted by molar-refractivity contribution is 7.90. The molecule has 2 aliphatic heterocycles. The number of fused-ring (bicyclic) bond motifs is 1. The van der Waals surface area contributed by atoms with Crippen LogP contribution in [-0.4, -0.2) is 68.1 Å². The zero-order valence-corrected chi connectivity index (χ0v) is 18.2. The summed E-state index contributed by atoms with van der Waals surface area (Å²) in [7, 11) is -3.65. The maximum Gasteiger partial charge on any atom is 0.263 e. The number of nitrogens with one attached hydrogen (secondary N) is 1. The molecule has 30 heavy (non-hydrogen) atoms. The minimum Gasteiger partial charge on any atom is -0.339 e. The summed E-state index contributed by atoms with van der Waals surface area (Å²) in [5, 5.41) is 0. The van der Waals surface area contributed by atoms with Crippen molar-refractivity contribution >= 4 is 27.7 Å². The van der Waals surface area contributed by atoms with Crippen molar-refractivity contribution in [2.45, 2.75) is 44.0 Å². The minimum atomic E-state index is -3.65. The summed E-state index contributed by atoms with van der Waals surface area (Å²) in [5.74, 6) is 0.457. The molecular formula is C21H28N4O4S. The lowest BCUT2D eigenvalue weighted by Gasteiger charge is -2.36. The molecule has 8 nitrogen and oxygen atoms in total. The Balaban J connectivity index is 1.53. The van der Waals surface area contributed by atoms with E-state index in [1.165, 1.54) is 6.07 Å². The zero-order valence-electron chi connectivity index (χ0n) is 17.4. The van der Waals surface area contributed by atoms with Crippen LogP contribution >= 0.6 is 0 Å². The van der Waals surface area contributed by atoms with E-state index in [4.69, 9.17) is 0 Å². The van der Waals surface area contributed by atoms with Gasteiger partial charge in [0.1, 0.15) is 11.9 Å². The van der Waals surface area contributed by atoms with E-state index in [2.05, 4.69) is 9.71 Å². The quantitative estimate of drug-likeness (QED) is 0.756. The fraction of sp³-hybridized carbons (Fsp3) is 0.571. The first-order valence-corrected chi connectivity index (χ1v) is 12.1. The van der Waals surface area contributed by atoms with Crippen LogP contribution in [0.5, 0.6) is 0 Å². The van der Waals surface area contributed by atoms with Gasteiger partial charge in [-0.3, -0.25) is 19.3 Å². The predicted molar refractivity (Wildman–Crippen MR) is 112 cm³/mol. The molecule has 0 unspecified atom stereocenters. The summed E-state index contributed by atoms with van der Waals surface area (Å²) in [4.78, 5) is 34.0. The van der Waals surface area contributed by atoms with E-state index in [0.29, 0.717) is 31.7 Å². The van der Waals surface area contributed by atoms with Gasteiger partial charge in [-0.25, -0.2) is 8.42 Å². The van der Waals surface area contributed by atoms with Gasteiger partial charge in [-0.1, -0.05) is 32.4 Å². The van der Waals surface area contributed by atoms with Crippen molar-refractivity contribution in [3.8, 4) is 0 Å². The second-order valence-corrected chi connectivity index (χ2v) is 9.99. The molecule has 2 atom stereocenters. The molecule has 0 bridgehead atoms. The average molecular weight is 433 g/mol. The lowest BCUT2D eigenvalue weighted by atomic mass is 9.97. The number of piperazine rings is 1. The van der Waals surface area contributed by atoms with Gasteiger partial charge < -0.3 is 9.80 Å². The summed E-state index contributed by atoms with van der Waals surface area (Å²) in [6.45, 7) is 5.99. The molecule has 1 saturated heterocycles. The number of hydrogen-bond donors (Lipinski definition) is 1. The molecule has 1 aromatic carbocycles. The molecule has 0 spiro atoms. The predicted octanol–water partition coefficient (Wildman–Crippen LogP) is 1.22. The van der Waals surface area contributed by atoms with Crippen LogP contribution in [0.15, 0.2) is 34.2 Å². The normalized spacial score (nSPS) is 23.6. The Labute approximate surface area is 177 Å². The van der Waals surface area contributed by atoms with Crippen LogP contribution < -0.4 is 4.72 Å². The van der Waals surface area contributed by atoms with Gasteiger partial charge in [-0.2, -0.15) is 0 Å². The van der Waals surface area contributed by atoms with Crippen LogP contribution in [0.1, 0.15) is 38.7 Å². The van der Waals surface area contributed by atoms with E-state index in [1.54, 1.807) is 23.1 Å². The van der Waals surface area contributed by atoms with Gasteiger partial charge in [0.2, 0.25) is 11.8 Å². The van der Waals surface area contributed by atoms with Gasteiger partial charge in [-0.15, -0.1) is 0 Å². The van der Waals surface area contributed by atoms with Gasteiger partial charge in [-0.05, 0) is 30.9 Å². The number of carbonyl (C=O) groups is 2. The van der Waals surface area contributed by atoms with Crippen LogP contribution in [0.25, 0.3) is 0 Å². The Morgan fingerprint density at radius 3 is 2.40 bits per heavy atom. The lowest BCUT2D eigenvalue weighted by Crippen LogP contribution is -2.53. The second-order valence-electron chi connectivity index (χ2n) is 8.33. The van der Waals surface area contributed by atoms with E-state index >= 15 is 0 Å². The van der Waals surface area contributed by atoms with E-state index in [9.17, 15) is 18.0 Å². The minimum absolute atomic E-state index is 0.0478. The van der Waals surface area contributed by atoms with E-state index in [0.717, 1.165) is 19.3 Å². The third-order valence-electron chi connectivity index (χ3n) is 6.20. The highest BCUT2D eigenvalue weighted by Gasteiger charge is 2.38. The van der Waals surface area contributed by atoms with E-state index in [1.807, 2.05) is 18.7 Å². The Morgan fingerprint density at radius 1 is 1.13 bits per heavy atom. The Hall–Kier alpha value is -2.42. The number of amidine groups is 1. The number of nitrogens with zero attached hydrogens (tertiary/aromatic N) is 3. The Morgan fingerprint density at radius 2 is 1.77 bits per heavy atom. The van der Waals surface area contributed by atoms with E-state index in [-0.39, 0.29) is 34.4 Å². The summed E-state index contributed by atoms with van der Waals surface area (Å²) in [6, 6.07) is 5.99. The highest BCUT2D eigenvalue weighted by Crippen LogP contribution is 2.31.